The van der Waals surface area contributed by atoms with Gasteiger partial charge in [-0.05, 0) is 42.5 Å². The van der Waals surface area contributed by atoms with Crippen molar-refractivity contribution in [2.75, 3.05) is 16.9 Å². The number of nitrogens with one attached hydrogen (secondary N) is 1. The SMILES string of the molecule is O=C1C(=O)N(CNc2ccc(Br)cc2)c2ccc(Br)cc21. The molecule has 0 aromatic heterocycles. The van der Waals surface area contributed by atoms with E-state index >= 15 is 0 Å². The maximum atomic E-state index is 12.1. The second kappa shape index (κ2) is 5.61. The molecule has 0 saturated heterocycles. The Morgan fingerprint density at radius 1 is 0.952 bits per heavy atom. The lowest BCUT2D eigenvalue weighted by Gasteiger charge is -2.18. The summed E-state index contributed by atoms with van der Waals surface area (Å²) in [4.78, 5) is 25.5. The molecule has 106 valence electrons. The normalized spacial score (nSPS) is 13.5. The van der Waals surface area contributed by atoms with Crippen molar-refractivity contribution < 1.29 is 9.59 Å². The highest BCUT2D eigenvalue weighted by molar-refractivity contribution is 9.10. The smallest absolute Gasteiger partial charge is 0.300 e. The van der Waals surface area contributed by atoms with Crippen LogP contribution in [0.2, 0.25) is 0 Å². The fraction of sp³-hybridized carbons (Fsp3) is 0.0667. The van der Waals surface area contributed by atoms with Gasteiger partial charge in [-0.15, -0.1) is 0 Å². The molecular formula is C15H10Br2N2O2. The van der Waals surface area contributed by atoms with Gasteiger partial charge in [0.15, 0.2) is 0 Å². The van der Waals surface area contributed by atoms with Crippen LogP contribution in [0.4, 0.5) is 11.4 Å². The molecule has 1 heterocycles. The number of fused-ring (bicyclic) bond motifs is 1. The van der Waals surface area contributed by atoms with Crippen molar-refractivity contribution in [3.63, 3.8) is 0 Å². The molecule has 0 spiro atoms. The topological polar surface area (TPSA) is 49.4 Å². The third kappa shape index (κ3) is 2.73. The zero-order valence-corrected chi connectivity index (χ0v) is 13.9. The number of Topliss-reactive ketones (excluding diaryl/α,β-unsaturated/α-hetero) is 1. The van der Waals surface area contributed by atoms with Gasteiger partial charge in [-0.2, -0.15) is 0 Å². The molecule has 2 aromatic rings. The van der Waals surface area contributed by atoms with Crippen LogP contribution in [0.15, 0.2) is 51.4 Å². The van der Waals surface area contributed by atoms with Crippen LogP contribution < -0.4 is 10.2 Å². The summed E-state index contributed by atoms with van der Waals surface area (Å²) in [7, 11) is 0. The molecule has 0 unspecified atom stereocenters. The largest absolute Gasteiger partial charge is 0.367 e. The van der Waals surface area contributed by atoms with Gasteiger partial charge in [0.25, 0.3) is 5.78 Å². The van der Waals surface area contributed by atoms with Crippen LogP contribution in [0, 0.1) is 0 Å². The van der Waals surface area contributed by atoms with E-state index in [9.17, 15) is 9.59 Å². The number of hydrogen-bond acceptors (Lipinski definition) is 3. The van der Waals surface area contributed by atoms with Gasteiger partial charge < -0.3 is 5.32 Å². The molecule has 0 saturated carbocycles. The number of halogens is 2. The minimum absolute atomic E-state index is 0.251. The Labute approximate surface area is 138 Å². The predicted octanol–water partition coefficient (Wildman–Crippen LogP) is 3.81. The summed E-state index contributed by atoms with van der Waals surface area (Å²) in [6.07, 6.45) is 0. The highest BCUT2D eigenvalue weighted by Gasteiger charge is 2.35. The van der Waals surface area contributed by atoms with Crippen LogP contribution in [0.1, 0.15) is 10.4 Å². The third-order valence-electron chi connectivity index (χ3n) is 3.22. The van der Waals surface area contributed by atoms with Crippen LogP contribution in [0.25, 0.3) is 0 Å². The van der Waals surface area contributed by atoms with Gasteiger partial charge in [0, 0.05) is 14.6 Å². The van der Waals surface area contributed by atoms with Crippen molar-refractivity contribution in [3.8, 4) is 0 Å². The van der Waals surface area contributed by atoms with E-state index in [1.54, 1.807) is 12.1 Å². The Morgan fingerprint density at radius 2 is 1.62 bits per heavy atom. The molecule has 4 nitrogen and oxygen atoms in total. The number of nitrogens with zero attached hydrogens (tertiary/aromatic N) is 1. The van der Waals surface area contributed by atoms with Crippen molar-refractivity contribution in [1.82, 2.24) is 0 Å². The average Bonchev–Trinajstić information content (AvgIpc) is 2.71. The van der Waals surface area contributed by atoms with Gasteiger partial charge in [0.05, 0.1) is 17.9 Å². The van der Waals surface area contributed by atoms with Crippen molar-refractivity contribution in [2.45, 2.75) is 0 Å². The summed E-state index contributed by atoms with van der Waals surface area (Å²) in [5.41, 5.74) is 1.95. The van der Waals surface area contributed by atoms with Crippen molar-refractivity contribution in [1.29, 1.82) is 0 Å². The van der Waals surface area contributed by atoms with Crippen molar-refractivity contribution in [2.24, 2.45) is 0 Å². The van der Waals surface area contributed by atoms with Crippen molar-refractivity contribution >= 4 is 54.9 Å². The quantitative estimate of drug-likeness (QED) is 0.784. The van der Waals surface area contributed by atoms with Crippen LogP contribution in [-0.4, -0.2) is 18.4 Å². The van der Waals surface area contributed by atoms with E-state index in [1.807, 2.05) is 30.3 Å². The summed E-state index contributed by atoms with van der Waals surface area (Å²) in [5.74, 6) is -0.975. The fourth-order valence-corrected chi connectivity index (χ4v) is 2.79. The maximum Gasteiger partial charge on any atom is 0.300 e. The molecule has 0 fully saturated rings. The summed E-state index contributed by atoms with van der Waals surface area (Å²) in [6.45, 7) is 0.251. The molecule has 1 amide bonds. The summed E-state index contributed by atoms with van der Waals surface area (Å²) < 4.78 is 1.76. The number of rotatable bonds is 3. The molecule has 1 N–H and O–H groups in total. The molecule has 0 bridgehead atoms. The minimum atomic E-state index is -0.507. The second-order valence-corrected chi connectivity index (χ2v) is 6.40. The van der Waals surface area contributed by atoms with Crippen LogP contribution in [0.3, 0.4) is 0 Å². The molecule has 0 aliphatic carbocycles. The standard InChI is InChI=1S/C15H10Br2N2O2/c16-9-1-4-11(5-2-9)18-8-19-13-6-3-10(17)7-12(13)14(20)15(19)21/h1-7,18H,8H2. The number of hydrogen-bond donors (Lipinski definition) is 1. The number of carbonyl (C=O) groups is 2. The predicted molar refractivity (Wildman–Crippen MR) is 88.6 cm³/mol. The summed E-state index contributed by atoms with van der Waals surface area (Å²) in [5, 5.41) is 3.14. The molecule has 21 heavy (non-hydrogen) atoms. The van der Waals surface area contributed by atoms with E-state index in [1.165, 1.54) is 4.90 Å². The summed E-state index contributed by atoms with van der Waals surface area (Å²) in [6, 6.07) is 12.9. The lowest BCUT2D eigenvalue weighted by molar-refractivity contribution is -0.114. The van der Waals surface area contributed by atoms with Crippen LogP contribution in [0.5, 0.6) is 0 Å². The number of carbonyl (C=O) groups excluding carboxylic acids is 2. The first-order valence-corrected chi connectivity index (χ1v) is 7.80. The van der Waals surface area contributed by atoms with Gasteiger partial charge in [-0.1, -0.05) is 31.9 Å². The lowest BCUT2D eigenvalue weighted by Crippen LogP contribution is -2.34. The lowest BCUT2D eigenvalue weighted by atomic mass is 10.1. The second-order valence-electron chi connectivity index (χ2n) is 4.57. The Bertz CT molecular complexity index is 729. The Kier molecular flexibility index (Phi) is 3.82. The molecule has 1 aliphatic heterocycles. The minimum Gasteiger partial charge on any atom is -0.367 e. The van der Waals surface area contributed by atoms with Crippen molar-refractivity contribution in [3.05, 3.63) is 57.0 Å². The first kappa shape index (κ1) is 14.3. The Balaban J connectivity index is 1.82. The van der Waals surface area contributed by atoms with E-state index in [2.05, 4.69) is 37.2 Å². The molecule has 3 rings (SSSR count). The van der Waals surface area contributed by atoms with E-state index < -0.39 is 11.7 Å². The Hall–Kier alpha value is -1.66. The molecule has 1 aliphatic rings. The van der Waals surface area contributed by atoms with Gasteiger partial charge in [0.1, 0.15) is 0 Å². The van der Waals surface area contributed by atoms with Crippen LogP contribution >= 0.6 is 31.9 Å². The van der Waals surface area contributed by atoms with Gasteiger partial charge in [0.2, 0.25) is 0 Å². The highest BCUT2D eigenvalue weighted by atomic mass is 79.9. The molecule has 0 radical (unpaired) electrons. The zero-order chi connectivity index (χ0) is 15.0. The van der Waals surface area contributed by atoms with E-state index in [0.717, 1.165) is 14.6 Å². The number of amides is 1. The molecule has 6 heteroatoms. The first-order chi connectivity index (χ1) is 10.1. The van der Waals surface area contributed by atoms with Gasteiger partial charge in [-0.25, -0.2) is 0 Å². The van der Waals surface area contributed by atoms with E-state index in [0.29, 0.717) is 11.3 Å². The van der Waals surface area contributed by atoms with Gasteiger partial charge >= 0.3 is 5.91 Å². The summed E-state index contributed by atoms with van der Waals surface area (Å²) >= 11 is 6.68. The number of ketones is 1. The highest BCUT2D eigenvalue weighted by Crippen LogP contribution is 2.31. The number of anilines is 2. The maximum absolute atomic E-state index is 12.1. The third-order valence-corrected chi connectivity index (χ3v) is 4.24. The number of benzene rings is 2. The molecule has 0 atom stereocenters. The fourth-order valence-electron chi connectivity index (χ4n) is 2.17. The molecule has 2 aromatic carbocycles. The average molecular weight is 410 g/mol. The van der Waals surface area contributed by atoms with E-state index in [-0.39, 0.29) is 6.67 Å². The van der Waals surface area contributed by atoms with E-state index in [4.69, 9.17) is 0 Å². The zero-order valence-electron chi connectivity index (χ0n) is 10.8. The Morgan fingerprint density at radius 3 is 2.33 bits per heavy atom. The van der Waals surface area contributed by atoms with Gasteiger partial charge in [-0.3, -0.25) is 14.5 Å². The molecular weight excluding hydrogens is 400 g/mol. The monoisotopic (exact) mass is 408 g/mol. The van der Waals surface area contributed by atoms with Crippen LogP contribution in [-0.2, 0) is 4.79 Å². The first-order valence-electron chi connectivity index (χ1n) is 6.21.